The molecule has 4 amide bonds. The number of nitrogens with one attached hydrogen (secondary N) is 3. The van der Waals surface area contributed by atoms with Gasteiger partial charge in [0.1, 0.15) is 18.1 Å². The number of hydrogen-bond donors (Lipinski definition) is 7. The Morgan fingerprint density at radius 2 is 1.55 bits per heavy atom. The molecule has 0 heterocycles. The Morgan fingerprint density at radius 1 is 1.00 bits per heavy atom. The number of carboxylic acid groups (broad SMARTS) is 1. The van der Waals surface area contributed by atoms with E-state index in [1.807, 2.05) is 6.26 Å². The van der Waals surface area contributed by atoms with Crippen molar-refractivity contribution in [3.63, 3.8) is 0 Å². The van der Waals surface area contributed by atoms with Crippen LogP contribution in [0, 0.1) is 5.92 Å². The van der Waals surface area contributed by atoms with Crippen molar-refractivity contribution in [3.8, 4) is 0 Å². The molecule has 31 heavy (non-hydrogen) atoms. The highest BCUT2D eigenvalue weighted by atomic mass is 32.2. The zero-order valence-electron chi connectivity index (χ0n) is 17.9. The number of rotatable bonds is 15. The third kappa shape index (κ3) is 10.5. The largest absolute Gasteiger partial charge is 0.480 e. The lowest BCUT2D eigenvalue weighted by Gasteiger charge is -2.25. The lowest BCUT2D eigenvalue weighted by molar-refractivity contribution is -0.144. The van der Waals surface area contributed by atoms with Crippen molar-refractivity contribution < 1.29 is 34.2 Å². The Kier molecular flexibility index (Phi) is 13.5. The van der Waals surface area contributed by atoms with Crippen LogP contribution in [0.15, 0.2) is 0 Å². The lowest BCUT2D eigenvalue weighted by atomic mass is 9.99. The van der Waals surface area contributed by atoms with E-state index in [0.717, 1.165) is 0 Å². The van der Waals surface area contributed by atoms with Crippen LogP contribution < -0.4 is 27.4 Å². The number of carboxylic acids is 1. The van der Waals surface area contributed by atoms with Crippen molar-refractivity contribution in [1.82, 2.24) is 16.0 Å². The summed E-state index contributed by atoms with van der Waals surface area (Å²) < 4.78 is 0. The molecule has 13 heteroatoms. The maximum Gasteiger partial charge on any atom is 0.326 e. The van der Waals surface area contributed by atoms with Crippen LogP contribution in [-0.2, 0) is 24.0 Å². The quantitative estimate of drug-likeness (QED) is 0.137. The smallest absolute Gasteiger partial charge is 0.326 e. The molecule has 0 bridgehead atoms. The molecule has 0 fully saturated rings. The molecule has 0 rings (SSSR count). The molecule has 0 radical (unpaired) electrons. The highest BCUT2D eigenvalue weighted by Gasteiger charge is 2.32. The fourth-order valence-electron chi connectivity index (χ4n) is 2.47. The molecule has 9 N–H and O–H groups in total. The number of nitrogens with two attached hydrogens (primary N) is 2. The van der Waals surface area contributed by atoms with Crippen molar-refractivity contribution in [2.45, 2.75) is 57.3 Å². The minimum atomic E-state index is -1.50. The van der Waals surface area contributed by atoms with E-state index in [9.17, 15) is 34.2 Å². The fraction of sp³-hybridized carbons (Fsp3) is 0.722. The Balaban J connectivity index is 5.25. The number of aliphatic hydroxyl groups excluding tert-OH is 1. The average molecular weight is 464 g/mol. The molecule has 0 aliphatic carbocycles. The highest BCUT2D eigenvalue weighted by Crippen LogP contribution is 2.08. The number of primary amides is 1. The number of carbonyl (C=O) groups is 5. The van der Waals surface area contributed by atoms with Gasteiger partial charge in [0.25, 0.3) is 0 Å². The van der Waals surface area contributed by atoms with Gasteiger partial charge in [-0.25, -0.2) is 4.79 Å². The Hall–Kier alpha value is -2.38. The van der Waals surface area contributed by atoms with Crippen LogP contribution in [0.4, 0.5) is 0 Å². The second kappa shape index (κ2) is 14.6. The summed E-state index contributed by atoms with van der Waals surface area (Å²) in [5, 5.41) is 25.6. The van der Waals surface area contributed by atoms with Gasteiger partial charge in [-0.15, -0.1) is 0 Å². The maximum absolute atomic E-state index is 12.5. The van der Waals surface area contributed by atoms with Crippen LogP contribution in [0.25, 0.3) is 0 Å². The second-order valence-electron chi connectivity index (χ2n) is 7.07. The van der Waals surface area contributed by atoms with E-state index in [0.29, 0.717) is 18.6 Å². The SMILES string of the molecule is CCC(C)C(NC(=O)C(CO)NC(=O)C(CC(N)=O)NC(=O)C(N)CCSC)C(=O)O. The molecule has 0 saturated carbocycles. The molecule has 5 unspecified atom stereocenters. The first-order chi connectivity index (χ1) is 14.5. The van der Waals surface area contributed by atoms with Gasteiger partial charge in [0.15, 0.2) is 0 Å². The number of amides is 4. The third-order valence-electron chi connectivity index (χ3n) is 4.60. The zero-order chi connectivity index (χ0) is 24.1. The molecule has 5 atom stereocenters. The predicted molar refractivity (Wildman–Crippen MR) is 115 cm³/mol. The van der Waals surface area contributed by atoms with Crippen LogP contribution in [0.3, 0.4) is 0 Å². The van der Waals surface area contributed by atoms with E-state index in [1.54, 1.807) is 13.8 Å². The van der Waals surface area contributed by atoms with Gasteiger partial charge in [-0.1, -0.05) is 20.3 Å². The molecule has 12 nitrogen and oxygen atoms in total. The van der Waals surface area contributed by atoms with Crippen molar-refractivity contribution >= 4 is 41.4 Å². The summed E-state index contributed by atoms with van der Waals surface area (Å²) in [5.74, 6) is -4.49. The van der Waals surface area contributed by atoms with E-state index in [2.05, 4.69) is 16.0 Å². The second-order valence-corrected chi connectivity index (χ2v) is 8.06. The summed E-state index contributed by atoms with van der Waals surface area (Å²) in [5.41, 5.74) is 10.9. The number of thioether (sulfide) groups is 1. The van der Waals surface area contributed by atoms with E-state index >= 15 is 0 Å². The maximum atomic E-state index is 12.5. The highest BCUT2D eigenvalue weighted by molar-refractivity contribution is 7.98. The molecule has 0 aromatic heterocycles. The molecular formula is C18H33N5O7S. The molecule has 178 valence electrons. The van der Waals surface area contributed by atoms with Crippen molar-refractivity contribution in [3.05, 3.63) is 0 Å². The first-order valence-electron chi connectivity index (χ1n) is 9.75. The Morgan fingerprint density at radius 3 is 2.00 bits per heavy atom. The average Bonchev–Trinajstić information content (AvgIpc) is 2.71. The van der Waals surface area contributed by atoms with Gasteiger partial charge in [0.05, 0.1) is 19.1 Å². The first-order valence-corrected chi connectivity index (χ1v) is 11.1. The van der Waals surface area contributed by atoms with Gasteiger partial charge in [0, 0.05) is 0 Å². The summed E-state index contributed by atoms with van der Waals surface area (Å²) in [6, 6.07) is -5.06. The van der Waals surface area contributed by atoms with Crippen molar-refractivity contribution in [1.29, 1.82) is 0 Å². The van der Waals surface area contributed by atoms with Crippen molar-refractivity contribution in [2.75, 3.05) is 18.6 Å². The summed E-state index contributed by atoms with van der Waals surface area (Å²) >= 11 is 1.48. The Bertz CT molecular complexity index is 649. The first kappa shape index (κ1) is 28.6. The molecule has 0 aromatic rings. The van der Waals surface area contributed by atoms with Gasteiger partial charge >= 0.3 is 5.97 Å². The number of hydrogen-bond acceptors (Lipinski definition) is 8. The monoisotopic (exact) mass is 463 g/mol. The number of aliphatic hydroxyl groups is 1. The third-order valence-corrected chi connectivity index (χ3v) is 5.24. The van der Waals surface area contributed by atoms with Gasteiger partial charge in [-0.05, 0) is 24.3 Å². The molecule has 0 saturated heterocycles. The van der Waals surface area contributed by atoms with Crippen LogP contribution in [-0.4, -0.2) is 82.6 Å². The minimum Gasteiger partial charge on any atom is -0.480 e. The van der Waals surface area contributed by atoms with E-state index < -0.39 is 72.7 Å². The molecule has 0 aliphatic heterocycles. The standard InChI is InChI=1S/C18H33N5O7S/c1-4-9(2)14(18(29)30)23-17(28)12(8-24)22-16(27)11(7-13(20)25)21-15(26)10(19)5-6-31-3/h9-12,14,24H,4-8,19H2,1-3H3,(H2,20,25)(H,21,26)(H,22,27)(H,23,28)(H,29,30). The van der Waals surface area contributed by atoms with E-state index in [4.69, 9.17) is 11.5 Å². The van der Waals surface area contributed by atoms with Crippen LogP contribution >= 0.6 is 11.8 Å². The van der Waals surface area contributed by atoms with Crippen molar-refractivity contribution in [2.24, 2.45) is 17.4 Å². The number of aliphatic carboxylic acids is 1. The van der Waals surface area contributed by atoms with Gasteiger partial charge in [-0.3, -0.25) is 19.2 Å². The van der Waals surface area contributed by atoms with E-state index in [1.165, 1.54) is 11.8 Å². The summed E-state index contributed by atoms with van der Waals surface area (Å²) in [6.07, 6.45) is 2.09. The summed E-state index contributed by atoms with van der Waals surface area (Å²) in [4.78, 5) is 59.8. The molecule has 0 spiro atoms. The summed E-state index contributed by atoms with van der Waals surface area (Å²) in [6.45, 7) is 2.54. The Labute approximate surface area is 185 Å². The fourth-order valence-corrected chi connectivity index (χ4v) is 2.96. The molecular weight excluding hydrogens is 430 g/mol. The lowest BCUT2D eigenvalue weighted by Crippen LogP contribution is -2.59. The van der Waals surface area contributed by atoms with Crippen LogP contribution in [0.1, 0.15) is 33.1 Å². The number of carbonyl (C=O) groups excluding carboxylic acids is 4. The molecule has 0 aliphatic rings. The zero-order valence-corrected chi connectivity index (χ0v) is 18.7. The van der Waals surface area contributed by atoms with Gasteiger partial charge < -0.3 is 37.6 Å². The minimum absolute atomic E-state index is 0.339. The molecule has 0 aromatic carbocycles. The van der Waals surface area contributed by atoms with Crippen LogP contribution in [0.5, 0.6) is 0 Å². The van der Waals surface area contributed by atoms with Crippen LogP contribution in [0.2, 0.25) is 0 Å². The van der Waals surface area contributed by atoms with E-state index in [-0.39, 0.29) is 0 Å². The summed E-state index contributed by atoms with van der Waals surface area (Å²) in [7, 11) is 0. The van der Waals surface area contributed by atoms with Gasteiger partial charge in [0.2, 0.25) is 23.6 Å². The predicted octanol–water partition coefficient (Wildman–Crippen LogP) is -2.48. The normalized spacial score (nSPS) is 15.6. The topological polar surface area (TPSA) is 214 Å². The van der Waals surface area contributed by atoms with Gasteiger partial charge in [-0.2, -0.15) is 11.8 Å².